The largest absolute Gasteiger partial charge is 0.496 e. The summed E-state index contributed by atoms with van der Waals surface area (Å²) in [6.45, 7) is 7.65. The number of nitrogens with one attached hydrogen (secondary N) is 1. The van der Waals surface area contributed by atoms with Gasteiger partial charge in [-0.2, -0.15) is 0 Å². The highest BCUT2D eigenvalue weighted by Gasteiger charge is 2.11. The molecule has 0 spiro atoms. The van der Waals surface area contributed by atoms with E-state index in [1.54, 1.807) is 7.11 Å². The number of halogens is 1. The Morgan fingerprint density at radius 3 is 2.89 bits per heavy atom. The van der Waals surface area contributed by atoms with E-state index >= 15 is 0 Å². The third kappa shape index (κ3) is 4.16. The maximum Gasteiger partial charge on any atom is 0.123 e. The number of methoxy groups -OCH3 is 1. The molecule has 1 aliphatic rings. The number of aryl methyl sites for hydroxylation is 1. The second kappa shape index (κ2) is 7.62. The molecular weight excluding hydrogens is 248 g/mol. The van der Waals surface area contributed by atoms with Crippen LogP contribution in [0.2, 0.25) is 0 Å². The molecule has 0 aromatic heterocycles. The smallest absolute Gasteiger partial charge is 0.123 e. The highest BCUT2D eigenvalue weighted by atomic mass is 35.5. The normalized spacial score (nSPS) is 16.8. The van der Waals surface area contributed by atoms with Crippen LogP contribution in [0, 0.1) is 6.92 Å². The van der Waals surface area contributed by atoms with E-state index in [0.29, 0.717) is 0 Å². The quantitative estimate of drug-likeness (QED) is 0.912. The highest BCUT2D eigenvalue weighted by Crippen LogP contribution is 2.21. The first-order valence-corrected chi connectivity index (χ1v) is 6.36. The van der Waals surface area contributed by atoms with Crippen LogP contribution >= 0.6 is 12.4 Å². The molecule has 2 rings (SSSR count). The molecule has 1 fully saturated rings. The topological polar surface area (TPSA) is 24.5 Å². The van der Waals surface area contributed by atoms with E-state index in [9.17, 15) is 0 Å². The summed E-state index contributed by atoms with van der Waals surface area (Å²) in [5.74, 6) is 1.01. The summed E-state index contributed by atoms with van der Waals surface area (Å²) >= 11 is 0. The van der Waals surface area contributed by atoms with Crippen molar-refractivity contribution in [3.8, 4) is 5.75 Å². The van der Waals surface area contributed by atoms with Gasteiger partial charge in [0, 0.05) is 25.2 Å². The molecule has 3 nitrogen and oxygen atoms in total. The molecule has 1 saturated heterocycles. The molecule has 0 bridgehead atoms. The predicted octanol–water partition coefficient (Wildman–Crippen LogP) is 2.22. The molecule has 1 heterocycles. The number of hydrogen-bond acceptors (Lipinski definition) is 3. The third-order valence-electron chi connectivity index (χ3n) is 3.26. The molecule has 18 heavy (non-hydrogen) atoms. The third-order valence-corrected chi connectivity index (χ3v) is 3.26. The van der Waals surface area contributed by atoms with Crippen LogP contribution in [0.1, 0.15) is 17.5 Å². The predicted molar refractivity (Wildman–Crippen MR) is 77.7 cm³/mol. The number of benzene rings is 1. The number of rotatable bonds is 3. The fourth-order valence-corrected chi connectivity index (χ4v) is 2.33. The average Bonchev–Trinajstić information content (AvgIpc) is 2.58. The van der Waals surface area contributed by atoms with E-state index in [0.717, 1.165) is 31.9 Å². The van der Waals surface area contributed by atoms with Gasteiger partial charge in [-0.25, -0.2) is 0 Å². The minimum atomic E-state index is 0. The first kappa shape index (κ1) is 15.3. The molecule has 0 aliphatic carbocycles. The summed E-state index contributed by atoms with van der Waals surface area (Å²) < 4.78 is 5.43. The van der Waals surface area contributed by atoms with E-state index < -0.39 is 0 Å². The van der Waals surface area contributed by atoms with Gasteiger partial charge in [0.25, 0.3) is 0 Å². The lowest BCUT2D eigenvalue weighted by atomic mass is 10.1. The highest BCUT2D eigenvalue weighted by molar-refractivity contribution is 5.85. The Morgan fingerprint density at radius 1 is 1.28 bits per heavy atom. The van der Waals surface area contributed by atoms with Crippen LogP contribution in [0.4, 0.5) is 0 Å². The second-order valence-corrected chi connectivity index (χ2v) is 4.70. The average molecular weight is 271 g/mol. The molecule has 0 saturated carbocycles. The molecule has 0 atom stereocenters. The molecule has 0 radical (unpaired) electrons. The standard InChI is InChI=1S/C14H22N2O.ClH/c1-12-4-5-14(17-2)13(10-12)11-16-8-3-6-15-7-9-16;/h4-5,10,15H,3,6-9,11H2,1-2H3;1H. The van der Waals surface area contributed by atoms with Crippen molar-refractivity contribution in [2.75, 3.05) is 33.3 Å². The minimum absolute atomic E-state index is 0. The van der Waals surface area contributed by atoms with Gasteiger partial charge in [0.05, 0.1) is 7.11 Å². The molecule has 1 N–H and O–H groups in total. The van der Waals surface area contributed by atoms with Gasteiger partial charge in [-0.15, -0.1) is 12.4 Å². The van der Waals surface area contributed by atoms with E-state index in [4.69, 9.17) is 4.74 Å². The summed E-state index contributed by atoms with van der Waals surface area (Å²) in [7, 11) is 1.75. The van der Waals surface area contributed by atoms with Crippen LogP contribution in [0.3, 0.4) is 0 Å². The maximum absolute atomic E-state index is 5.43. The van der Waals surface area contributed by atoms with Crippen LogP contribution in [-0.4, -0.2) is 38.2 Å². The second-order valence-electron chi connectivity index (χ2n) is 4.70. The SMILES string of the molecule is COc1ccc(C)cc1CN1CCCNCC1.Cl. The zero-order chi connectivity index (χ0) is 12.1. The fraction of sp³-hybridized carbons (Fsp3) is 0.571. The fourth-order valence-electron chi connectivity index (χ4n) is 2.33. The number of hydrogen-bond donors (Lipinski definition) is 1. The van der Waals surface area contributed by atoms with Gasteiger partial charge in [0.2, 0.25) is 0 Å². The molecule has 0 unspecified atom stereocenters. The monoisotopic (exact) mass is 270 g/mol. The Kier molecular flexibility index (Phi) is 6.47. The Hall–Kier alpha value is -0.770. The zero-order valence-corrected chi connectivity index (χ0v) is 12.1. The Morgan fingerprint density at radius 2 is 2.11 bits per heavy atom. The summed E-state index contributed by atoms with van der Waals surface area (Å²) in [4.78, 5) is 2.50. The van der Waals surface area contributed by atoms with Crippen molar-refractivity contribution >= 4 is 12.4 Å². The van der Waals surface area contributed by atoms with Gasteiger partial charge in [0.1, 0.15) is 5.75 Å². The minimum Gasteiger partial charge on any atom is -0.496 e. The molecular formula is C14H23ClN2O. The lowest BCUT2D eigenvalue weighted by Gasteiger charge is -2.21. The van der Waals surface area contributed by atoms with Gasteiger partial charge in [0.15, 0.2) is 0 Å². The van der Waals surface area contributed by atoms with Crippen molar-refractivity contribution in [3.63, 3.8) is 0 Å². The molecule has 102 valence electrons. The first-order chi connectivity index (χ1) is 8.29. The number of ether oxygens (including phenoxy) is 1. The summed E-state index contributed by atoms with van der Waals surface area (Å²) in [6, 6.07) is 6.41. The zero-order valence-electron chi connectivity index (χ0n) is 11.2. The molecule has 1 aromatic carbocycles. The first-order valence-electron chi connectivity index (χ1n) is 6.36. The van der Waals surface area contributed by atoms with Crippen LogP contribution in [0.15, 0.2) is 18.2 Å². The van der Waals surface area contributed by atoms with Crippen molar-refractivity contribution in [1.82, 2.24) is 10.2 Å². The van der Waals surface area contributed by atoms with E-state index in [2.05, 4.69) is 35.3 Å². The molecule has 1 aliphatic heterocycles. The maximum atomic E-state index is 5.43. The van der Waals surface area contributed by atoms with Gasteiger partial charge < -0.3 is 10.1 Å². The summed E-state index contributed by atoms with van der Waals surface area (Å²) in [6.07, 6.45) is 1.23. The van der Waals surface area contributed by atoms with E-state index in [-0.39, 0.29) is 12.4 Å². The van der Waals surface area contributed by atoms with Crippen LogP contribution in [0.5, 0.6) is 5.75 Å². The van der Waals surface area contributed by atoms with E-state index in [1.807, 2.05) is 0 Å². The van der Waals surface area contributed by atoms with Crippen molar-refractivity contribution in [2.45, 2.75) is 19.9 Å². The molecule has 1 aromatic rings. The Balaban J connectivity index is 0.00000162. The lowest BCUT2D eigenvalue weighted by molar-refractivity contribution is 0.278. The van der Waals surface area contributed by atoms with Crippen molar-refractivity contribution in [3.05, 3.63) is 29.3 Å². The van der Waals surface area contributed by atoms with Crippen LogP contribution < -0.4 is 10.1 Å². The van der Waals surface area contributed by atoms with Crippen LogP contribution in [-0.2, 0) is 6.54 Å². The Labute approximate surface area is 116 Å². The van der Waals surface area contributed by atoms with Gasteiger partial charge >= 0.3 is 0 Å². The van der Waals surface area contributed by atoms with Gasteiger partial charge in [-0.1, -0.05) is 17.7 Å². The molecule has 0 amide bonds. The van der Waals surface area contributed by atoms with Gasteiger partial charge in [-0.3, -0.25) is 4.90 Å². The summed E-state index contributed by atoms with van der Waals surface area (Å²) in [5.41, 5.74) is 2.60. The van der Waals surface area contributed by atoms with E-state index in [1.165, 1.54) is 24.1 Å². The van der Waals surface area contributed by atoms with Crippen molar-refractivity contribution in [1.29, 1.82) is 0 Å². The summed E-state index contributed by atoms with van der Waals surface area (Å²) in [5, 5.41) is 3.43. The number of nitrogens with zero attached hydrogens (tertiary/aromatic N) is 1. The van der Waals surface area contributed by atoms with Gasteiger partial charge in [-0.05, 0) is 32.5 Å². The Bertz CT molecular complexity index is 363. The molecule has 4 heteroatoms. The van der Waals surface area contributed by atoms with Crippen LogP contribution in [0.25, 0.3) is 0 Å². The van der Waals surface area contributed by atoms with Crippen molar-refractivity contribution < 1.29 is 4.74 Å². The van der Waals surface area contributed by atoms with Crippen molar-refractivity contribution in [2.24, 2.45) is 0 Å². The lowest BCUT2D eigenvalue weighted by Crippen LogP contribution is -2.27.